The molecule has 1 unspecified atom stereocenters. The van der Waals surface area contributed by atoms with Crippen LogP contribution in [-0.2, 0) is 6.54 Å². The van der Waals surface area contributed by atoms with Gasteiger partial charge < -0.3 is 9.88 Å². The van der Waals surface area contributed by atoms with Crippen LogP contribution < -0.4 is 5.32 Å². The molecule has 3 nitrogen and oxygen atoms in total. The number of hydrogen-bond donors (Lipinski definition) is 1. The lowest BCUT2D eigenvalue weighted by molar-refractivity contribution is 0.476. The monoisotopic (exact) mass is 209 g/mol. The van der Waals surface area contributed by atoms with Gasteiger partial charge in [0, 0.05) is 25.0 Å². The molecule has 1 N–H and O–H groups in total. The number of rotatable bonds is 8. The van der Waals surface area contributed by atoms with E-state index in [2.05, 4.69) is 28.7 Å². The maximum Gasteiger partial charge on any atom is 0.0945 e. The Labute approximate surface area is 92.9 Å². The quantitative estimate of drug-likeness (QED) is 0.666. The first-order chi connectivity index (χ1) is 7.33. The molecule has 1 heterocycles. The van der Waals surface area contributed by atoms with Gasteiger partial charge in [-0.15, -0.1) is 0 Å². The van der Waals surface area contributed by atoms with Gasteiger partial charge in [-0.25, -0.2) is 4.98 Å². The van der Waals surface area contributed by atoms with Gasteiger partial charge in [0.1, 0.15) is 0 Å². The predicted molar refractivity (Wildman–Crippen MR) is 63.8 cm³/mol. The first-order valence-electron chi connectivity index (χ1n) is 6.02. The fraction of sp³-hybridized carbons (Fsp3) is 0.750. The van der Waals surface area contributed by atoms with Crippen LogP contribution in [0.25, 0.3) is 0 Å². The number of aryl methyl sites for hydroxylation is 1. The molecule has 1 aromatic rings. The standard InChI is InChI=1S/C12H23N3/c1-3-4-6-12(2)14-7-5-9-15-10-8-13-11-15/h8,10-12,14H,3-7,9H2,1-2H3. The van der Waals surface area contributed by atoms with Crippen LogP contribution in [-0.4, -0.2) is 22.1 Å². The summed E-state index contributed by atoms with van der Waals surface area (Å²) in [5.74, 6) is 0. The smallest absolute Gasteiger partial charge is 0.0945 e. The molecule has 0 fully saturated rings. The SMILES string of the molecule is CCCCC(C)NCCCn1ccnc1. The largest absolute Gasteiger partial charge is 0.337 e. The van der Waals surface area contributed by atoms with Gasteiger partial charge >= 0.3 is 0 Å². The molecule has 86 valence electrons. The fourth-order valence-corrected chi connectivity index (χ4v) is 1.64. The molecule has 1 aromatic heterocycles. The second-order valence-corrected chi connectivity index (χ2v) is 4.15. The van der Waals surface area contributed by atoms with Crippen LogP contribution in [0.1, 0.15) is 39.5 Å². The zero-order valence-corrected chi connectivity index (χ0v) is 9.95. The summed E-state index contributed by atoms with van der Waals surface area (Å²) in [4.78, 5) is 4.02. The Hall–Kier alpha value is -0.830. The molecule has 15 heavy (non-hydrogen) atoms. The minimum absolute atomic E-state index is 0.660. The highest BCUT2D eigenvalue weighted by molar-refractivity contribution is 4.74. The maximum atomic E-state index is 4.02. The average Bonchev–Trinajstić information content (AvgIpc) is 2.74. The first-order valence-corrected chi connectivity index (χ1v) is 6.02. The summed E-state index contributed by atoms with van der Waals surface area (Å²) in [5.41, 5.74) is 0. The summed E-state index contributed by atoms with van der Waals surface area (Å²) < 4.78 is 2.12. The van der Waals surface area contributed by atoms with E-state index in [1.807, 2.05) is 18.7 Å². The lowest BCUT2D eigenvalue weighted by atomic mass is 10.1. The van der Waals surface area contributed by atoms with Crippen LogP contribution in [0.5, 0.6) is 0 Å². The number of imidazole rings is 1. The van der Waals surface area contributed by atoms with E-state index in [1.165, 1.54) is 25.7 Å². The summed E-state index contributed by atoms with van der Waals surface area (Å²) in [5, 5.41) is 3.55. The second kappa shape index (κ2) is 7.46. The molecule has 0 aliphatic rings. The number of aromatic nitrogens is 2. The highest BCUT2D eigenvalue weighted by Crippen LogP contribution is 1.99. The van der Waals surface area contributed by atoms with Crippen LogP contribution in [0.4, 0.5) is 0 Å². The lowest BCUT2D eigenvalue weighted by Gasteiger charge is -2.13. The van der Waals surface area contributed by atoms with Gasteiger partial charge in [0.05, 0.1) is 6.33 Å². The summed E-state index contributed by atoms with van der Waals surface area (Å²) in [6, 6.07) is 0.660. The lowest BCUT2D eigenvalue weighted by Crippen LogP contribution is -2.27. The molecular formula is C12H23N3. The van der Waals surface area contributed by atoms with Crippen molar-refractivity contribution < 1.29 is 0 Å². The third-order valence-electron chi connectivity index (χ3n) is 2.64. The van der Waals surface area contributed by atoms with Crippen LogP contribution in [0, 0.1) is 0 Å². The normalized spacial score (nSPS) is 12.9. The first kappa shape index (κ1) is 12.2. The van der Waals surface area contributed by atoms with Crippen molar-refractivity contribution in [3.8, 4) is 0 Å². The van der Waals surface area contributed by atoms with Crippen molar-refractivity contribution in [1.82, 2.24) is 14.9 Å². The van der Waals surface area contributed by atoms with Gasteiger partial charge in [-0.1, -0.05) is 19.8 Å². The third-order valence-corrected chi connectivity index (χ3v) is 2.64. The van der Waals surface area contributed by atoms with Crippen molar-refractivity contribution in [1.29, 1.82) is 0 Å². The Kier molecular flexibility index (Phi) is 6.09. The Bertz CT molecular complexity index is 231. The number of nitrogens with zero attached hydrogens (tertiary/aromatic N) is 2. The zero-order chi connectivity index (χ0) is 10.9. The molecule has 0 spiro atoms. The van der Waals surface area contributed by atoms with Gasteiger partial charge in [-0.2, -0.15) is 0 Å². The van der Waals surface area contributed by atoms with E-state index in [4.69, 9.17) is 0 Å². The van der Waals surface area contributed by atoms with Gasteiger partial charge in [-0.05, 0) is 26.3 Å². The molecule has 3 heteroatoms. The molecule has 0 aliphatic heterocycles. The molecule has 0 saturated carbocycles. The second-order valence-electron chi connectivity index (χ2n) is 4.15. The van der Waals surface area contributed by atoms with E-state index in [9.17, 15) is 0 Å². The van der Waals surface area contributed by atoms with Crippen molar-refractivity contribution in [2.24, 2.45) is 0 Å². The Morgan fingerprint density at radius 3 is 2.93 bits per heavy atom. The third kappa shape index (κ3) is 5.57. The molecule has 0 radical (unpaired) electrons. The molecule has 1 atom stereocenters. The van der Waals surface area contributed by atoms with Crippen LogP contribution >= 0.6 is 0 Å². The topological polar surface area (TPSA) is 29.9 Å². The summed E-state index contributed by atoms with van der Waals surface area (Å²) in [7, 11) is 0. The van der Waals surface area contributed by atoms with E-state index < -0.39 is 0 Å². The van der Waals surface area contributed by atoms with E-state index >= 15 is 0 Å². The van der Waals surface area contributed by atoms with E-state index in [-0.39, 0.29) is 0 Å². The van der Waals surface area contributed by atoms with Gasteiger partial charge in [-0.3, -0.25) is 0 Å². The van der Waals surface area contributed by atoms with Crippen molar-refractivity contribution in [3.63, 3.8) is 0 Å². The number of hydrogen-bond acceptors (Lipinski definition) is 2. The maximum absolute atomic E-state index is 4.02. The van der Waals surface area contributed by atoms with E-state index in [1.54, 1.807) is 0 Å². The summed E-state index contributed by atoms with van der Waals surface area (Å²) in [6.45, 7) is 6.68. The minimum Gasteiger partial charge on any atom is -0.337 e. The van der Waals surface area contributed by atoms with Crippen LogP contribution in [0.3, 0.4) is 0 Å². The molecular weight excluding hydrogens is 186 g/mol. The molecule has 0 aliphatic carbocycles. The minimum atomic E-state index is 0.660. The fourth-order valence-electron chi connectivity index (χ4n) is 1.64. The van der Waals surface area contributed by atoms with Crippen molar-refractivity contribution in [2.75, 3.05) is 6.54 Å². The van der Waals surface area contributed by atoms with Crippen molar-refractivity contribution >= 4 is 0 Å². The van der Waals surface area contributed by atoms with E-state index in [0.717, 1.165) is 13.1 Å². The Morgan fingerprint density at radius 2 is 2.27 bits per heavy atom. The molecule has 1 rings (SSSR count). The van der Waals surface area contributed by atoms with Gasteiger partial charge in [0.2, 0.25) is 0 Å². The Balaban J connectivity index is 1.97. The highest BCUT2D eigenvalue weighted by atomic mass is 15.0. The number of nitrogens with one attached hydrogen (secondary N) is 1. The van der Waals surface area contributed by atoms with E-state index in [0.29, 0.717) is 6.04 Å². The summed E-state index contributed by atoms with van der Waals surface area (Å²) >= 11 is 0. The van der Waals surface area contributed by atoms with Gasteiger partial charge in [0.25, 0.3) is 0 Å². The highest BCUT2D eigenvalue weighted by Gasteiger charge is 1.99. The predicted octanol–water partition coefficient (Wildman–Crippen LogP) is 2.44. The zero-order valence-electron chi connectivity index (χ0n) is 9.95. The Morgan fingerprint density at radius 1 is 1.40 bits per heavy atom. The van der Waals surface area contributed by atoms with Crippen LogP contribution in [0.2, 0.25) is 0 Å². The molecule has 0 aromatic carbocycles. The molecule has 0 bridgehead atoms. The average molecular weight is 209 g/mol. The summed E-state index contributed by atoms with van der Waals surface area (Å²) in [6.07, 6.45) is 10.8. The van der Waals surface area contributed by atoms with Crippen molar-refractivity contribution in [3.05, 3.63) is 18.7 Å². The van der Waals surface area contributed by atoms with Crippen LogP contribution in [0.15, 0.2) is 18.7 Å². The molecule has 0 amide bonds. The van der Waals surface area contributed by atoms with Crippen molar-refractivity contribution in [2.45, 2.75) is 52.1 Å². The molecule has 0 saturated heterocycles. The van der Waals surface area contributed by atoms with Gasteiger partial charge in [0.15, 0.2) is 0 Å². The number of unbranched alkanes of at least 4 members (excludes halogenated alkanes) is 1.